The molecule has 4 heteroatoms. The summed E-state index contributed by atoms with van der Waals surface area (Å²) < 4.78 is 11.7. The van der Waals surface area contributed by atoms with Gasteiger partial charge in [0.25, 0.3) is 0 Å². The van der Waals surface area contributed by atoms with Crippen LogP contribution in [0.15, 0.2) is 60.7 Å². The molecule has 0 radical (unpaired) electrons. The predicted molar refractivity (Wildman–Crippen MR) is 112 cm³/mol. The molecule has 27 heavy (non-hydrogen) atoms. The molecule has 0 bridgehead atoms. The van der Waals surface area contributed by atoms with Crippen LogP contribution < -0.4 is 14.8 Å². The van der Waals surface area contributed by atoms with Gasteiger partial charge in [-0.15, -0.1) is 0 Å². The van der Waals surface area contributed by atoms with Crippen molar-refractivity contribution in [1.29, 1.82) is 0 Å². The Morgan fingerprint density at radius 1 is 0.889 bits per heavy atom. The Kier molecular flexibility index (Phi) is 6.25. The van der Waals surface area contributed by atoms with E-state index in [0.29, 0.717) is 13.2 Å². The number of methoxy groups -OCH3 is 1. The van der Waals surface area contributed by atoms with Crippen molar-refractivity contribution in [2.24, 2.45) is 0 Å². The molecule has 0 spiro atoms. The van der Waals surface area contributed by atoms with Crippen molar-refractivity contribution in [3.63, 3.8) is 0 Å². The molecule has 3 rings (SSSR count). The van der Waals surface area contributed by atoms with E-state index in [1.807, 2.05) is 55.5 Å². The Morgan fingerprint density at radius 3 is 2.41 bits per heavy atom. The van der Waals surface area contributed by atoms with Crippen LogP contribution in [-0.2, 0) is 13.2 Å². The molecule has 0 saturated heterocycles. The van der Waals surface area contributed by atoms with Crippen LogP contribution in [-0.4, -0.2) is 7.11 Å². The van der Waals surface area contributed by atoms with Gasteiger partial charge < -0.3 is 14.8 Å². The number of ether oxygens (including phenoxy) is 2. The molecule has 3 nitrogen and oxygen atoms in total. The van der Waals surface area contributed by atoms with E-state index in [1.54, 1.807) is 7.11 Å². The van der Waals surface area contributed by atoms with Crippen LogP contribution >= 0.6 is 11.6 Å². The van der Waals surface area contributed by atoms with Gasteiger partial charge in [-0.05, 0) is 48.7 Å². The first-order chi connectivity index (χ1) is 13.1. The van der Waals surface area contributed by atoms with Crippen LogP contribution in [0.2, 0.25) is 5.02 Å². The van der Waals surface area contributed by atoms with Crippen molar-refractivity contribution in [1.82, 2.24) is 0 Å². The molecule has 0 unspecified atom stereocenters. The number of aryl methyl sites for hydroxylation is 2. The van der Waals surface area contributed by atoms with E-state index in [1.165, 1.54) is 5.56 Å². The molecule has 0 heterocycles. The maximum absolute atomic E-state index is 6.22. The summed E-state index contributed by atoms with van der Waals surface area (Å²) in [4.78, 5) is 0. The quantitative estimate of drug-likeness (QED) is 0.531. The largest absolute Gasteiger partial charge is 0.493 e. The lowest BCUT2D eigenvalue weighted by molar-refractivity contribution is 0.281. The highest BCUT2D eigenvalue weighted by atomic mass is 35.5. The minimum atomic E-state index is 0.496. The molecule has 0 fully saturated rings. The van der Waals surface area contributed by atoms with E-state index in [2.05, 4.69) is 24.4 Å². The molecule has 1 N–H and O–H groups in total. The molecule has 0 aliphatic rings. The maximum atomic E-state index is 6.22. The average molecular weight is 382 g/mol. The lowest BCUT2D eigenvalue weighted by atomic mass is 10.1. The molecule has 3 aromatic carbocycles. The Bertz CT molecular complexity index is 924. The maximum Gasteiger partial charge on any atom is 0.166 e. The fourth-order valence-electron chi connectivity index (χ4n) is 2.85. The van der Waals surface area contributed by atoms with Gasteiger partial charge >= 0.3 is 0 Å². The highest BCUT2D eigenvalue weighted by Gasteiger charge is 2.12. The van der Waals surface area contributed by atoms with Crippen molar-refractivity contribution < 1.29 is 9.47 Å². The molecule has 0 aliphatic heterocycles. The van der Waals surface area contributed by atoms with E-state index in [0.717, 1.165) is 38.9 Å². The molecular weight excluding hydrogens is 358 g/mol. The molecule has 0 aliphatic carbocycles. The number of benzene rings is 3. The summed E-state index contributed by atoms with van der Waals surface area (Å²) >= 11 is 6.22. The number of halogens is 1. The van der Waals surface area contributed by atoms with Crippen molar-refractivity contribution in [2.75, 3.05) is 12.4 Å². The SMILES string of the molecule is COc1cccc(CNc2ccc(C)c(Cl)c2)c1OCc1ccccc1C. The Morgan fingerprint density at radius 2 is 1.67 bits per heavy atom. The minimum absolute atomic E-state index is 0.496. The van der Waals surface area contributed by atoms with Gasteiger partial charge in [-0.25, -0.2) is 0 Å². The van der Waals surface area contributed by atoms with Gasteiger partial charge in [0, 0.05) is 22.8 Å². The van der Waals surface area contributed by atoms with Crippen molar-refractivity contribution in [3.8, 4) is 11.5 Å². The monoisotopic (exact) mass is 381 g/mol. The summed E-state index contributed by atoms with van der Waals surface area (Å²) in [5.74, 6) is 1.48. The van der Waals surface area contributed by atoms with Gasteiger partial charge in [0.1, 0.15) is 6.61 Å². The summed E-state index contributed by atoms with van der Waals surface area (Å²) in [7, 11) is 1.66. The second kappa shape index (κ2) is 8.83. The lowest BCUT2D eigenvalue weighted by Gasteiger charge is -2.17. The third-order valence-corrected chi connectivity index (χ3v) is 4.98. The fourth-order valence-corrected chi connectivity index (χ4v) is 3.03. The summed E-state index contributed by atoms with van der Waals surface area (Å²) in [6.45, 7) is 5.19. The predicted octanol–water partition coefficient (Wildman–Crippen LogP) is 6.16. The molecule has 140 valence electrons. The first-order valence-corrected chi connectivity index (χ1v) is 9.29. The van der Waals surface area contributed by atoms with E-state index in [-0.39, 0.29) is 0 Å². The first-order valence-electron chi connectivity index (χ1n) is 8.91. The molecule has 3 aromatic rings. The fraction of sp³-hybridized carbons (Fsp3) is 0.217. The van der Waals surface area contributed by atoms with E-state index in [9.17, 15) is 0 Å². The normalized spacial score (nSPS) is 10.5. The Labute approximate surface area is 165 Å². The van der Waals surface area contributed by atoms with Crippen molar-refractivity contribution in [2.45, 2.75) is 27.0 Å². The zero-order chi connectivity index (χ0) is 19.2. The highest BCUT2D eigenvalue weighted by Crippen LogP contribution is 2.33. The van der Waals surface area contributed by atoms with Crippen LogP contribution in [0.1, 0.15) is 22.3 Å². The number of hydrogen-bond donors (Lipinski definition) is 1. The second-order valence-corrected chi connectivity index (χ2v) is 6.89. The highest BCUT2D eigenvalue weighted by molar-refractivity contribution is 6.31. The number of nitrogens with one attached hydrogen (secondary N) is 1. The summed E-state index contributed by atoms with van der Waals surface area (Å²) in [5, 5.41) is 4.16. The van der Waals surface area contributed by atoms with E-state index >= 15 is 0 Å². The van der Waals surface area contributed by atoms with Crippen LogP contribution in [0.25, 0.3) is 0 Å². The lowest BCUT2D eigenvalue weighted by Crippen LogP contribution is -2.06. The second-order valence-electron chi connectivity index (χ2n) is 6.48. The summed E-state index contributed by atoms with van der Waals surface area (Å²) in [6.07, 6.45) is 0. The third-order valence-electron chi connectivity index (χ3n) is 4.57. The number of para-hydroxylation sites is 1. The first kappa shape index (κ1) is 19.1. The molecule has 0 atom stereocenters. The van der Waals surface area contributed by atoms with Crippen LogP contribution in [0.5, 0.6) is 11.5 Å². The van der Waals surface area contributed by atoms with Crippen LogP contribution in [0.3, 0.4) is 0 Å². The van der Waals surface area contributed by atoms with Gasteiger partial charge in [0.15, 0.2) is 11.5 Å². The summed E-state index contributed by atoms with van der Waals surface area (Å²) in [6, 6.07) is 20.1. The van der Waals surface area contributed by atoms with Crippen molar-refractivity contribution >= 4 is 17.3 Å². The van der Waals surface area contributed by atoms with Gasteiger partial charge in [0.05, 0.1) is 7.11 Å². The molecule has 0 amide bonds. The van der Waals surface area contributed by atoms with Gasteiger partial charge in [0.2, 0.25) is 0 Å². The van der Waals surface area contributed by atoms with Gasteiger partial charge in [-0.1, -0.05) is 54.1 Å². The van der Waals surface area contributed by atoms with Gasteiger partial charge in [-0.3, -0.25) is 0 Å². The van der Waals surface area contributed by atoms with Crippen molar-refractivity contribution in [3.05, 3.63) is 87.9 Å². The zero-order valence-electron chi connectivity index (χ0n) is 15.9. The number of anilines is 1. The average Bonchev–Trinajstić information content (AvgIpc) is 2.68. The molecule has 0 aromatic heterocycles. The molecule has 0 saturated carbocycles. The van der Waals surface area contributed by atoms with E-state index in [4.69, 9.17) is 21.1 Å². The minimum Gasteiger partial charge on any atom is -0.493 e. The third kappa shape index (κ3) is 4.75. The standard InChI is InChI=1S/C23H24ClNO2/c1-16-7-4-5-8-19(16)15-27-23-18(9-6-10-22(23)26-3)14-25-20-12-11-17(2)21(24)13-20/h4-13,25H,14-15H2,1-3H3. The molecular formula is C23H24ClNO2. The van der Waals surface area contributed by atoms with E-state index < -0.39 is 0 Å². The Hall–Kier alpha value is -2.65. The van der Waals surface area contributed by atoms with Gasteiger partial charge in [-0.2, -0.15) is 0 Å². The topological polar surface area (TPSA) is 30.5 Å². The Balaban J connectivity index is 1.78. The smallest absolute Gasteiger partial charge is 0.166 e. The zero-order valence-corrected chi connectivity index (χ0v) is 16.6. The van der Waals surface area contributed by atoms with Crippen LogP contribution in [0.4, 0.5) is 5.69 Å². The summed E-state index contributed by atoms with van der Waals surface area (Å²) in [5.41, 5.74) is 5.43. The van der Waals surface area contributed by atoms with Crippen LogP contribution in [0, 0.1) is 13.8 Å². The number of rotatable bonds is 7. The number of hydrogen-bond acceptors (Lipinski definition) is 3.